The van der Waals surface area contributed by atoms with Gasteiger partial charge in [-0.2, -0.15) is 9.78 Å². The van der Waals surface area contributed by atoms with Crippen molar-refractivity contribution in [2.24, 2.45) is 0 Å². The number of aryl methyl sites for hydroxylation is 1. The molecule has 0 bridgehead atoms. The summed E-state index contributed by atoms with van der Waals surface area (Å²) in [4.78, 5) is 39.1. The van der Waals surface area contributed by atoms with Crippen molar-refractivity contribution in [2.45, 2.75) is 13.8 Å². The molecule has 0 saturated carbocycles. The van der Waals surface area contributed by atoms with E-state index in [1.165, 1.54) is 7.11 Å². The quantitative estimate of drug-likeness (QED) is 0.431. The maximum absolute atomic E-state index is 13.5. The number of methoxy groups -OCH3 is 1. The van der Waals surface area contributed by atoms with Crippen molar-refractivity contribution >= 4 is 39.0 Å². The number of fused-ring (bicyclic) bond motifs is 1. The number of anilines is 1. The molecule has 0 saturated heterocycles. The smallest absolute Gasteiger partial charge is 0.359 e. The zero-order valence-corrected chi connectivity index (χ0v) is 19.1. The molecule has 2 aromatic carbocycles. The fraction of sp³-hybridized carbons (Fsp3) is 0.167. The summed E-state index contributed by atoms with van der Waals surface area (Å²) in [6, 6.07) is 13.9. The summed E-state index contributed by atoms with van der Waals surface area (Å²) in [5.41, 5.74) is 1.22. The number of thiophene rings is 1. The zero-order chi connectivity index (χ0) is 23.5. The molecule has 0 aliphatic heterocycles. The van der Waals surface area contributed by atoms with Crippen LogP contribution in [0, 0.1) is 6.92 Å². The number of hydrogen-bond donors (Lipinski definition) is 1. The highest BCUT2D eigenvalue weighted by Gasteiger charge is 2.23. The zero-order valence-electron chi connectivity index (χ0n) is 18.2. The van der Waals surface area contributed by atoms with E-state index in [1.807, 2.05) is 19.1 Å². The summed E-state index contributed by atoms with van der Waals surface area (Å²) < 4.78 is 11.5. The lowest BCUT2D eigenvalue weighted by Gasteiger charge is -2.11. The Kier molecular flexibility index (Phi) is 6.23. The molecular weight excluding hydrogens is 442 g/mol. The molecular formula is C24H21N3O5S. The number of amides is 1. The maximum atomic E-state index is 13.5. The van der Waals surface area contributed by atoms with E-state index >= 15 is 0 Å². The van der Waals surface area contributed by atoms with Crippen molar-refractivity contribution < 1.29 is 19.1 Å². The van der Waals surface area contributed by atoms with Gasteiger partial charge in [0.1, 0.15) is 10.8 Å². The van der Waals surface area contributed by atoms with Crippen LogP contribution in [0.15, 0.2) is 58.7 Å². The highest BCUT2D eigenvalue weighted by atomic mass is 32.1. The van der Waals surface area contributed by atoms with E-state index in [2.05, 4.69) is 10.4 Å². The van der Waals surface area contributed by atoms with Gasteiger partial charge in [-0.3, -0.25) is 9.59 Å². The van der Waals surface area contributed by atoms with Crippen LogP contribution in [0.1, 0.15) is 33.3 Å². The number of esters is 1. The number of nitrogens with one attached hydrogen (secondary N) is 1. The van der Waals surface area contributed by atoms with E-state index in [9.17, 15) is 14.4 Å². The lowest BCUT2D eigenvalue weighted by molar-refractivity contribution is 0.0520. The highest BCUT2D eigenvalue weighted by Crippen LogP contribution is 2.31. The summed E-state index contributed by atoms with van der Waals surface area (Å²) in [5, 5.41) is 9.58. The first-order valence-electron chi connectivity index (χ1n) is 10.2. The summed E-state index contributed by atoms with van der Waals surface area (Å²) in [6.45, 7) is 3.68. The number of carbonyl (C=O) groups excluding carboxylic acids is 2. The summed E-state index contributed by atoms with van der Waals surface area (Å²) >= 11 is 1.15. The Morgan fingerprint density at radius 1 is 1.15 bits per heavy atom. The molecule has 1 N–H and O–H groups in total. The van der Waals surface area contributed by atoms with E-state index in [0.29, 0.717) is 27.4 Å². The molecule has 4 aromatic rings. The molecule has 33 heavy (non-hydrogen) atoms. The monoisotopic (exact) mass is 463 g/mol. The van der Waals surface area contributed by atoms with Crippen molar-refractivity contribution in [3.05, 3.63) is 81.1 Å². The van der Waals surface area contributed by atoms with Crippen LogP contribution in [0.25, 0.3) is 16.5 Å². The first kappa shape index (κ1) is 22.2. The van der Waals surface area contributed by atoms with Crippen LogP contribution in [-0.4, -0.2) is 35.4 Å². The van der Waals surface area contributed by atoms with Crippen molar-refractivity contribution in [3.8, 4) is 11.4 Å². The minimum absolute atomic E-state index is 0.0121. The second kappa shape index (κ2) is 9.25. The topological polar surface area (TPSA) is 99.5 Å². The molecule has 4 rings (SSSR count). The average molecular weight is 464 g/mol. The Hall–Kier alpha value is -3.98. The lowest BCUT2D eigenvalue weighted by atomic mass is 10.1. The van der Waals surface area contributed by atoms with Gasteiger partial charge in [0.25, 0.3) is 11.5 Å². The molecule has 2 heterocycles. The van der Waals surface area contributed by atoms with Gasteiger partial charge in [0.05, 0.1) is 24.8 Å². The molecule has 1 amide bonds. The molecule has 8 nitrogen and oxygen atoms in total. The summed E-state index contributed by atoms with van der Waals surface area (Å²) in [5.74, 6) is -0.482. The molecule has 168 valence electrons. The van der Waals surface area contributed by atoms with Gasteiger partial charge in [0, 0.05) is 22.4 Å². The second-order valence-electron chi connectivity index (χ2n) is 7.11. The van der Waals surface area contributed by atoms with Crippen LogP contribution in [0.4, 0.5) is 5.00 Å². The van der Waals surface area contributed by atoms with E-state index in [0.717, 1.165) is 21.6 Å². The Bertz CT molecular complexity index is 1420. The summed E-state index contributed by atoms with van der Waals surface area (Å²) in [7, 11) is 1.51. The van der Waals surface area contributed by atoms with Gasteiger partial charge in [-0.15, -0.1) is 11.3 Å². The van der Waals surface area contributed by atoms with Crippen LogP contribution >= 0.6 is 11.3 Å². The Morgan fingerprint density at radius 2 is 1.94 bits per heavy atom. The minimum Gasteiger partial charge on any atom is -0.497 e. The van der Waals surface area contributed by atoms with Gasteiger partial charge in [0.15, 0.2) is 5.69 Å². The first-order chi connectivity index (χ1) is 15.9. The average Bonchev–Trinajstić information content (AvgIpc) is 3.23. The fourth-order valence-electron chi connectivity index (χ4n) is 3.41. The molecule has 0 spiro atoms. The molecule has 0 aliphatic rings. The van der Waals surface area contributed by atoms with Crippen molar-refractivity contribution in [3.63, 3.8) is 0 Å². The van der Waals surface area contributed by atoms with E-state index in [4.69, 9.17) is 9.47 Å². The Labute approximate surface area is 193 Å². The van der Waals surface area contributed by atoms with E-state index in [1.54, 1.807) is 48.7 Å². The number of hydrogen-bond acceptors (Lipinski definition) is 7. The molecule has 0 atom stereocenters. The molecule has 0 aliphatic carbocycles. The predicted molar refractivity (Wildman–Crippen MR) is 127 cm³/mol. The third-order valence-electron chi connectivity index (χ3n) is 5.04. The van der Waals surface area contributed by atoms with Gasteiger partial charge >= 0.3 is 5.97 Å². The van der Waals surface area contributed by atoms with Crippen LogP contribution in [0.3, 0.4) is 0 Å². The number of rotatable bonds is 6. The third kappa shape index (κ3) is 4.22. The van der Waals surface area contributed by atoms with Gasteiger partial charge in [-0.1, -0.05) is 24.3 Å². The predicted octanol–water partition coefficient (Wildman–Crippen LogP) is 4.19. The second-order valence-corrected chi connectivity index (χ2v) is 7.99. The Morgan fingerprint density at radius 3 is 2.67 bits per heavy atom. The maximum Gasteiger partial charge on any atom is 0.359 e. The van der Waals surface area contributed by atoms with Crippen LogP contribution < -0.4 is 15.6 Å². The summed E-state index contributed by atoms with van der Waals surface area (Å²) in [6.07, 6.45) is 0. The largest absolute Gasteiger partial charge is 0.497 e. The van der Waals surface area contributed by atoms with Gasteiger partial charge in [-0.05, 0) is 37.6 Å². The van der Waals surface area contributed by atoms with E-state index < -0.39 is 11.5 Å². The number of aromatic nitrogens is 2. The molecule has 2 aromatic heterocycles. The van der Waals surface area contributed by atoms with Crippen molar-refractivity contribution in [2.75, 3.05) is 19.0 Å². The van der Waals surface area contributed by atoms with E-state index in [-0.39, 0.29) is 23.6 Å². The first-order valence-corrected chi connectivity index (χ1v) is 11.1. The normalized spacial score (nSPS) is 10.8. The van der Waals surface area contributed by atoms with Crippen molar-refractivity contribution in [1.82, 2.24) is 9.78 Å². The number of benzene rings is 2. The van der Waals surface area contributed by atoms with Crippen LogP contribution in [-0.2, 0) is 4.74 Å². The SMILES string of the molecule is CCOC(=O)c1nn(-c2cccc(OC)c2)c(=O)c2c(NC(=O)c3ccccc3C)scc12. The minimum atomic E-state index is -0.659. The Balaban J connectivity index is 1.90. The number of nitrogens with zero attached hydrogens (tertiary/aromatic N) is 2. The molecule has 0 unspecified atom stereocenters. The number of carbonyl (C=O) groups is 2. The van der Waals surface area contributed by atoms with Gasteiger partial charge in [-0.25, -0.2) is 4.79 Å². The van der Waals surface area contributed by atoms with Crippen LogP contribution in [0.5, 0.6) is 5.75 Å². The van der Waals surface area contributed by atoms with Crippen molar-refractivity contribution in [1.29, 1.82) is 0 Å². The molecule has 0 fully saturated rings. The lowest BCUT2D eigenvalue weighted by Crippen LogP contribution is -2.25. The standard InChI is InChI=1S/C24H21N3O5S/c1-4-32-24(30)20-18-13-33-22(25-21(28)17-11-6-5-8-14(17)2)19(18)23(29)27(26-20)15-9-7-10-16(12-15)31-3/h5-13H,4H2,1-3H3,(H,25,28). The van der Waals surface area contributed by atoms with Gasteiger partial charge < -0.3 is 14.8 Å². The number of ether oxygens (including phenoxy) is 2. The molecule has 0 radical (unpaired) electrons. The van der Waals surface area contributed by atoms with Gasteiger partial charge in [0.2, 0.25) is 0 Å². The highest BCUT2D eigenvalue weighted by molar-refractivity contribution is 7.16. The van der Waals surface area contributed by atoms with Crippen LogP contribution in [0.2, 0.25) is 0 Å². The fourth-order valence-corrected chi connectivity index (χ4v) is 4.34. The third-order valence-corrected chi connectivity index (χ3v) is 5.93. The molecule has 9 heteroatoms.